The number of halogens is 1. The van der Waals surface area contributed by atoms with Gasteiger partial charge in [0.15, 0.2) is 5.79 Å². The molecule has 1 aromatic heterocycles. The van der Waals surface area contributed by atoms with Crippen molar-refractivity contribution in [1.82, 2.24) is 4.98 Å². The van der Waals surface area contributed by atoms with Gasteiger partial charge in [0, 0.05) is 11.0 Å². The van der Waals surface area contributed by atoms with Crippen LogP contribution in [0, 0.1) is 11.2 Å². The predicted molar refractivity (Wildman–Crippen MR) is 128 cm³/mol. The SMILES string of the molecule is CC1(C)OC[C@H](c2cc(NC(=O)C(C)(C)C)nc(-c3ccc(Oc4ccc(F)cc4)cc3)c2)O1. The summed E-state index contributed by atoms with van der Waals surface area (Å²) in [6, 6.07) is 17.0. The molecule has 1 amide bonds. The van der Waals surface area contributed by atoms with E-state index in [2.05, 4.69) is 10.3 Å². The van der Waals surface area contributed by atoms with Gasteiger partial charge < -0.3 is 19.5 Å². The van der Waals surface area contributed by atoms with E-state index in [1.165, 1.54) is 12.1 Å². The number of nitrogens with one attached hydrogen (secondary N) is 1. The van der Waals surface area contributed by atoms with Crippen LogP contribution < -0.4 is 10.1 Å². The Kier molecular flexibility index (Phi) is 6.43. The molecule has 34 heavy (non-hydrogen) atoms. The van der Waals surface area contributed by atoms with E-state index >= 15 is 0 Å². The smallest absolute Gasteiger partial charge is 0.230 e. The van der Waals surface area contributed by atoms with Crippen molar-refractivity contribution in [3.8, 4) is 22.8 Å². The summed E-state index contributed by atoms with van der Waals surface area (Å²) in [5, 5.41) is 2.92. The number of benzene rings is 2. The van der Waals surface area contributed by atoms with Gasteiger partial charge in [-0.3, -0.25) is 4.79 Å². The van der Waals surface area contributed by atoms with Crippen molar-refractivity contribution in [2.75, 3.05) is 11.9 Å². The summed E-state index contributed by atoms with van der Waals surface area (Å²) in [7, 11) is 0. The summed E-state index contributed by atoms with van der Waals surface area (Å²) in [5.74, 6) is 0.484. The molecule has 1 fully saturated rings. The molecule has 2 heterocycles. The molecular formula is C27H29FN2O4. The number of aromatic nitrogens is 1. The molecule has 4 rings (SSSR count). The Bertz CT molecular complexity index is 1170. The van der Waals surface area contributed by atoms with Gasteiger partial charge in [0.1, 0.15) is 29.2 Å². The number of hydrogen-bond donors (Lipinski definition) is 1. The van der Waals surface area contributed by atoms with Crippen LogP contribution in [-0.4, -0.2) is 23.3 Å². The summed E-state index contributed by atoms with van der Waals surface area (Å²) in [6.07, 6.45) is -0.275. The number of pyridine rings is 1. The molecule has 0 radical (unpaired) electrons. The van der Waals surface area contributed by atoms with Gasteiger partial charge in [-0.05, 0) is 80.1 Å². The molecule has 1 atom stereocenters. The van der Waals surface area contributed by atoms with Gasteiger partial charge in [0.25, 0.3) is 0 Å². The third-order valence-electron chi connectivity index (χ3n) is 5.35. The second kappa shape index (κ2) is 9.16. The first-order chi connectivity index (χ1) is 16.0. The standard InChI is InChI=1S/C27H29FN2O4/c1-26(2,3)25(31)30-24-15-18(23-16-32-27(4,5)34-23)14-22(29-24)17-6-10-20(11-7-17)33-21-12-8-19(28)9-13-21/h6-15,23H,16H2,1-5H3,(H,29,30,31)/t23-/m1/s1. The Hall–Kier alpha value is -3.29. The Morgan fingerprint density at radius 1 is 1.06 bits per heavy atom. The number of amides is 1. The summed E-state index contributed by atoms with van der Waals surface area (Å²) >= 11 is 0. The summed E-state index contributed by atoms with van der Waals surface area (Å²) in [5.41, 5.74) is 1.83. The van der Waals surface area contributed by atoms with Crippen molar-refractivity contribution in [2.24, 2.45) is 5.41 Å². The molecule has 0 aliphatic carbocycles. The molecular weight excluding hydrogens is 435 g/mol. The third kappa shape index (κ3) is 5.79. The molecule has 1 N–H and O–H groups in total. The molecule has 178 valence electrons. The molecule has 1 aliphatic heterocycles. The van der Waals surface area contributed by atoms with E-state index in [0.29, 0.717) is 29.6 Å². The molecule has 3 aromatic rings. The van der Waals surface area contributed by atoms with Crippen LogP contribution in [0.3, 0.4) is 0 Å². The zero-order valence-corrected chi connectivity index (χ0v) is 20.0. The van der Waals surface area contributed by atoms with Gasteiger partial charge in [-0.1, -0.05) is 20.8 Å². The molecule has 7 heteroatoms. The minimum absolute atomic E-state index is 0.130. The maximum absolute atomic E-state index is 13.1. The van der Waals surface area contributed by atoms with Crippen LogP contribution in [0.2, 0.25) is 0 Å². The number of hydrogen-bond acceptors (Lipinski definition) is 5. The molecule has 0 saturated carbocycles. The van der Waals surface area contributed by atoms with Crippen LogP contribution in [-0.2, 0) is 14.3 Å². The Morgan fingerprint density at radius 3 is 2.24 bits per heavy atom. The van der Waals surface area contributed by atoms with Gasteiger partial charge in [-0.15, -0.1) is 0 Å². The molecule has 0 bridgehead atoms. The fourth-order valence-corrected chi connectivity index (χ4v) is 3.44. The van der Waals surface area contributed by atoms with E-state index < -0.39 is 11.2 Å². The number of anilines is 1. The van der Waals surface area contributed by atoms with Gasteiger partial charge in [-0.2, -0.15) is 0 Å². The molecule has 1 saturated heterocycles. The first kappa shape index (κ1) is 23.9. The van der Waals surface area contributed by atoms with Gasteiger partial charge >= 0.3 is 0 Å². The number of carbonyl (C=O) groups excluding carboxylic acids is 1. The van der Waals surface area contributed by atoms with E-state index in [1.807, 2.05) is 71.0 Å². The van der Waals surface area contributed by atoms with E-state index in [0.717, 1.165) is 11.1 Å². The van der Waals surface area contributed by atoms with Gasteiger partial charge in [0.05, 0.1) is 12.3 Å². The van der Waals surface area contributed by atoms with Gasteiger partial charge in [0.2, 0.25) is 5.91 Å². The van der Waals surface area contributed by atoms with Crippen molar-refractivity contribution in [2.45, 2.75) is 46.5 Å². The normalized spacial score (nSPS) is 17.4. The number of nitrogens with zero attached hydrogens (tertiary/aromatic N) is 1. The van der Waals surface area contributed by atoms with Gasteiger partial charge in [-0.25, -0.2) is 9.37 Å². The average Bonchev–Trinajstić information content (AvgIpc) is 3.15. The highest BCUT2D eigenvalue weighted by atomic mass is 19.1. The summed E-state index contributed by atoms with van der Waals surface area (Å²) in [4.78, 5) is 17.3. The monoisotopic (exact) mass is 464 g/mol. The molecule has 6 nitrogen and oxygen atoms in total. The number of ether oxygens (including phenoxy) is 3. The molecule has 1 aliphatic rings. The predicted octanol–water partition coefficient (Wildman–Crippen LogP) is 6.49. The Morgan fingerprint density at radius 2 is 1.68 bits per heavy atom. The van der Waals surface area contributed by atoms with Crippen LogP contribution in [0.4, 0.5) is 10.2 Å². The lowest BCUT2D eigenvalue weighted by Crippen LogP contribution is -2.28. The first-order valence-corrected chi connectivity index (χ1v) is 11.2. The topological polar surface area (TPSA) is 69.7 Å². The highest BCUT2D eigenvalue weighted by Crippen LogP contribution is 2.36. The highest BCUT2D eigenvalue weighted by Gasteiger charge is 2.34. The van der Waals surface area contributed by atoms with Crippen LogP contribution in [0.25, 0.3) is 11.3 Å². The van der Waals surface area contributed by atoms with Crippen molar-refractivity contribution in [3.63, 3.8) is 0 Å². The van der Waals surface area contributed by atoms with E-state index in [9.17, 15) is 9.18 Å². The van der Waals surface area contributed by atoms with Crippen molar-refractivity contribution in [1.29, 1.82) is 0 Å². The largest absolute Gasteiger partial charge is 0.457 e. The lowest BCUT2D eigenvalue weighted by Gasteiger charge is -2.20. The maximum atomic E-state index is 13.1. The Balaban J connectivity index is 1.62. The van der Waals surface area contributed by atoms with Crippen LogP contribution in [0.1, 0.15) is 46.3 Å². The van der Waals surface area contributed by atoms with Crippen LogP contribution in [0.15, 0.2) is 60.7 Å². The zero-order chi connectivity index (χ0) is 24.5. The zero-order valence-electron chi connectivity index (χ0n) is 20.0. The summed E-state index contributed by atoms with van der Waals surface area (Å²) in [6.45, 7) is 9.71. The second-order valence-electron chi connectivity index (χ2n) is 9.77. The van der Waals surface area contributed by atoms with Crippen molar-refractivity contribution in [3.05, 3.63) is 72.0 Å². The van der Waals surface area contributed by atoms with Crippen LogP contribution >= 0.6 is 0 Å². The molecule has 0 spiro atoms. The Labute approximate surface area is 199 Å². The van der Waals surface area contributed by atoms with Crippen molar-refractivity contribution >= 4 is 11.7 Å². The van der Waals surface area contributed by atoms with E-state index in [1.54, 1.807) is 12.1 Å². The third-order valence-corrected chi connectivity index (χ3v) is 5.35. The van der Waals surface area contributed by atoms with E-state index in [-0.39, 0.29) is 17.8 Å². The van der Waals surface area contributed by atoms with Crippen LogP contribution in [0.5, 0.6) is 11.5 Å². The summed E-state index contributed by atoms with van der Waals surface area (Å²) < 4.78 is 30.7. The lowest BCUT2D eigenvalue weighted by molar-refractivity contribution is -0.139. The fourth-order valence-electron chi connectivity index (χ4n) is 3.44. The molecule has 2 aromatic carbocycles. The minimum Gasteiger partial charge on any atom is -0.457 e. The number of rotatable bonds is 5. The second-order valence-corrected chi connectivity index (χ2v) is 9.77. The first-order valence-electron chi connectivity index (χ1n) is 11.2. The van der Waals surface area contributed by atoms with E-state index in [4.69, 9.17) is 14.2 Å². The number of carbonyl (C=O) groups is 1. The highest BCUT2D eigenvalue weighted by molar-refractivity contribution is 5.94. The lowest BCUT2D eigenvalue weighted by atomic mass is 9.95. The molecule has 0 unspecified atom stereocenters. The van der Waals surface area contributed by atoms with Crippen molar-refractivity contribution < 1.29 is 23.4 Å². The maximum Gasteiger partial charge on any atom is 0.230 e. The quantitative estimate of drug-likeness (QED) is 0.467. The fraction of sp³-hybridized carbons (Fsp3) is 0.333. The average molecular weight is 465 g/mol. The minimum atomic E-state index is -0.678.